The van der Waals surface area contributed by atoms with Gasteiger partial charge in [0.25, 0.3) is 17.7 Å². The molecule has 5 aromatic rings. The molecule has 0 bridgehead atoms. The number of fused-ring (bicyclic) bond motifs is 2. The number of nitriles is 1. The van der Waals surface area contributed by atoms with Crippen molar-refractivity contribution in [2.45, 2.75) is 37.8 Å². The van der Waals surface area contributed by atoms with Gasteiger partial charge >= 0.3 is 0 Å². The number of anilines is 2. The number of piperazine rings is 1. The Morgan fingerprint density at radius 3 is 2.44 bits per heavy atom. The molecule has 0 radical (unpaired) electrons. The minimum atomic E-state index is -1.06. The third kappa shape index (κ3) is 6.43. The summed E-state index contributed by atoms with van der Waals surface area (Å²) < 4.78 is 1.76. The van der Waals surface area contributed by atoms with Crippen LogP contribution in [-0.2, 0) is 9.59 Å². The van der Waals surface area contributed by atoms with Gasteiger partial charge < -0.3 is 15.1 Å². The van der Waals surface area contributed by atoms with Crippen molar-refractivity contribution in [3.05, 3.63) is 77.1 Å². The Hall–Kier alpha value is -6.58. The fourth-order valence-electron chi connectivity index (χ4n) is 8.18. The normalized spacial score (nSPS) is 19.2. The number of piperidine rings is 2. The second-order valence-electron chi connectivity index (χ2n) is 14.4. The number of benzene rings is 1. The average Bonchev–Trinajstić information content (AvgIpc) is 3.97. The molecule has 0 spiro atoms. The van der Waals surface area contributed by atoms with E-state index in [1.54, 1.807) is 27.7 Å². The van der Waals surface area contributed by atoms with Gasteiger partial charge in [0.15, 0.2) is 5.01 Å². The van der Waals surface area contributed by atoms with E-state index in [0.717, 1.165) is 82.2 Å². The van der Waals surface area contributed by atoms with Crippen LogP contribution in [0.15, 0.2) is 54.9 Å². The fourth-order valence-corrected chi connectivity index (χ4v) is 9.10. The van der Waals surface area contributed by atoms with Gasteiger partial charge in [0.1, 0.15) is 12.1 Å². The minimum Gasteiger partial charge on any atom is -0.387 e. The van der Waals surface area contributed by atoms with Gasteiger partial charge in [-0.2, -0.15) is 10.4 Å². The van der Waals surface area contributed by atoms with Crippen molar-refractivity contribution in [3.63, 3.8) is 0 Å². The predicted octanol–water partition coefficient (Wildman–Crippen LogP) is 2.66. The average molecular weight is 785 g/mol. The number of pyridine rings is 1. The molecular formula is C39H36N12O5S. The van der Waals surface area contributed by atoms with Crippen molar-refractivity contribution in [3.8, 4) is 28.0 Å². The summed E-state index contributed by atoms with van der Waals surface area (Å²) in [5.41, 5.74) is 5.11. The van der Waals surface area contributed by atoms with Crippen LogP contribution in [0.4, 0.5) is 10.8 Å². The lowest BCUT2D eigenvalue weighted by Gasteiger charge is -2.42. The summed E-state index contributed by atoms with van der Waals surface area (Å²) in [6.45, 7) is 4.16. The Bertz CT molecular complexity index is 2530. The molecule has 1 unspecified atom stereocenters. The van der Waals surface area contributed by atoms with Crippen LogP contribution in [0, 0.1) is 11.3 Å². The molecule has 8 heterocycles. The maximum absolute atomic E-state index is 13.6. The van der Waals surface area contributed by atoms with Gasteiger partial charge in [0, 0.05) is 76.2 Å². The first kappa shape index (κ1) is 36.1. The molecule has 2 N–H and O–H groups in total. The number of amides is 5. The van der Waals surface area contributed by atoms with E-state index in [-0.39, 0.29) is 29.9 Å². The molecule has 1 aromatic carbocycles. The number of hydrogen-bond donors (Lipinski definition) is 2. The zero-order valence-electron chi connectivity index (χ0n) is 30.8. The summed E-state index contributed by atoms with van der Waals surface area (Å²) in [6.07, 6.45) is 5.33. The van der Waals surface area contributed by atoms with Crippen LogP contribution in [0.2, 0.25) is 0 Å². The Kier molecular flexibility index (Phi) is 9.17. The summed E-state index contributed by atoms with van der Waals surface area (Å²) >= 11 is 1.53. The molecule has 4 aliphatic heterocycles. The first-order chi connectivity index (χ1) is 27.7. The zero-order valence-corrected chi connectivity index (χ0v) is 31.7. The van der Waals surface area contributed by atoms with E-state index in [0.29, 0.717) is 30.3 Å². The largest absolute Gasteiger partial charge is 0.387 e. The molecule has 4 aliphatic rings. The van der Waals surface area contributed by atoms with E-state index >= 15 is 0 Å². The highest BCUT2D eigenvalue weighted by Crippen LogP contribution is 2.36. The van der Waals surface area contributed by atoms with Crippen molar-refractivity contribution in [2.24, 2.45) is 0 Å². The summed E-state index contributed by atoms with van der Waals surface area (Å²) in [7, 11) is 1.86. The molecule has 57 heavy (non-hydrogen) atoms. The number of carbonyl (C=O) groups is 5. The molecule has 0 saturated carbocycles. The molecule has 5 amide bonds. The third-order valence-electron chi connectivity index (χ3n) is 11.2. The molecular weight excluding hydrogens is 749 g/mol. The molecule has 288 valence electrons. The number of aromatic nitrogens is 5. The lowest BCUT2D eigenvalue weighted by molar-refractivity contribution is -0.136. The van der Waals surface area contributed by atoms with E-state index < -0.39 is 29.7 Å². The molecule has 9 rings (SSSR count). The van der Waals surface area contributed by atoms with Crippen LogP contribution in [0.3, 0.4) is 0 Å². The number of nitrogens with zero attached hydrogens (tertiary/aromatic N) is 10. The number of carbonyl (C=O) groups excluding carboxylic acids is 5. The molecule has 3 fully saturated rings. The Labute approximate surface area is 329 Å². The summed E-state index contributed by atoms with van der Waals surface area (Å²) in [6, 6.07) is 13.5. The predicted molar refractivity (Wildman–Crippen MR) is 207 cm³/mol. The first-order valence-corrected chi connectivity index (χ1v) is 19.6. The maximum Gasteiger partial charge on any atom is 0.262 e. The van der Waals surface area contributed by atoms with E-state index in [1.165, 1.54) is 29.7 Å². The van der Waals surface area contributed by atoms with Crippen LogP contribution in [-0.4, -0.2) is 127 Å². The molecule has 17 nitrogen and oxygen atoms in total. The smallest absolute Gasteiger partial charge is 0.262 e. The molecule has 0 aliphatic carbocycles. The second kappa shape index (κ2) is 14.5. The number of imide groups is 2. The van der Waals surface area contributed by atoms with Gasteiger partial charge in [-0.15, -0.1) is 10.2 Å². The SMILES string of the molecule is CNc1cc(-c2ccc3cc(C#N)cnn23)ncc1-c1nnc(N2CCC(N3CCN(C(=O)c4ccc5c(c4)C(=O)N(C4CCC(=O)NC4=O)C5=O)CC3)CC2)s1. The first-order valence-electron chi connectivity index (χ1n) is 18.7. The molecule has 3 saturated heterocycles. The van der Waals surface area contributed by atoms with E-state index in [9.17, 15) is 29.2 Å². The van der Waals surface area contributed by atoms with Crippen LogP contribution in [0.5, 0.6) is 0 Å². The topological polar surface area (TPSA) is 202 Å². The van der Waals surface area contributed by atoms with Gasteiger partial charge in [-0.05, 0) is 61.7 Å². The quantitative estimate of drug-likeness (QED) is 0.228. The van der Waals surface area contributed by atoms with Crippen molar-refractivity contribution < 1.29 is 24.0 Å². The highest BCUT2D eigenvalue weighted by Gasteiger charge is 2.45. The van der Waals surface area contributed by atoms with Crippen molar-refractivity contribution in [2.75, 3.05) is 56.5 Å². The Morgan fingerprint density at radius 1 is 0.895 bits per heavy atom. The number of hydrogen-bond acceptors (Lipinski definition) is 14. The van der Waals surface area contributed by atoms with E-state index in [4.69, 9.17) is 4.98 Å². The van der Waals surface area contributed by atoms with E-state index in [2.05, 4.69) is 41.8 Å². The molecule has 18 heteroatoms. The number of nitrogens with one attached hydrogen (secondary N) is 2. The van der Waals surface area contributed by atoms with Gasteiger partial charge in [0.2, 0.25) is 16.9 Å². The minimum absolute atomic E-state index is 0.0378. The lowest BCUT2D eigenvalue weighted by atomic mass is 10.0. The van der Waals surface area contributed by atoms with Crippen molar-refractivity contribution in [1.82, 2.24) is 44.8 Å². The summed E-state index contributed by atoms with van der Waals surface area (Å²) in [4.78, 5) is 76.1. The van der Waals surface area contributed by atoms with Gasteiger partial charge in [-0.3, -0.25) is 44.1 Å². The van der Waals surface area contributed by atoms with Crippen LogP contribution >= 0.6 is 11.3 Å². The highest BCUT2D eigenvalue weighted by molar-refractivity contribution is 7.18. The standard InChI is InChI=1S/C39H36N12O5S/c1-41-29-18-30(31-5-3-25-16-22(19-40)20-43-51(25)31)42-21-28(29)35-45-46-39(57-35)49-10-8-24(9-11-49)47-12-14-48(15-13-47)36(54)23-2-4-26-27(17-23)38(56)50(37(26)55)32-6-7-33(52)44-34(32)53/h2-5,16-18,20-21,24,32H,6-15H2,1H3,(H,41,42)(H,44,52,53). The molecule has 1 atom stereocenters. The van der Waals surface area contributed by atoms with Crippen LogP contribution in [0.1, 0.15) is 62.3 Å². The highest BCUT2D eigenvalue weighted by atomic mass is 32.1. The Balaban J connectivity index is 0.796. The maximum atomic E-state index is 13.6. The van der Waals surface area contributed by atoms with Crippen LogP contribution < -0.4 is 15.5 Å². The van der Waals surface area contributed by atoms with E-state index in [1.807, 2.05) is 25.2 Å². The summed E-state index contributed by atoms with van der Waals surface area (Å²) in [5.74, 6) is -2.55. The number of rotatable bonds is 7. The van der Waals surface area contributed by atoms with Crippen LogP contribution in [0.25, 0.3) is 27.5 Å². The fraction of sp³-hybridized carbons (Fsp3) is 0.333. The summed E-state index contributed by atoms with van der Waals surface area (Å²) in [5, 5.41) is 29.8. The van der Waals surface area contributed by atoms with Crippen molar-refractivity contribution >= 4 is 57.2 Å². The van der Waals surface area contributed by atoms with Crippen molar-refractivity contribution in [1.29, 1.82) is 5.26 Å². The molecule has 4 aromatic heterocycles. The Morgan fingerprint density at radius 2 is 1.68 bits per heavy atom. The van der Waals surface area contributed by atoms with Gasteiger partial charge in [-0.25, -0.2) is 4.52 Å². The second-order valence-corrected chi connectivity index (χ2v) is 15.4. The zero-order chi connectivity index (χ0) is 39.4. The van der Waals surface area contributed by atoms with Gasteiger partial charge in [-0.1, -0.05) is 11.3 Å². The monoisotopic (exact) mass is 784 g/mol. The van der Waals surface area contributed by atoms with Gasteiger partial charge in [0.05, 0.1) is 45.4 Å². The lowest BCUT2D eigenvalue weighted by Crippen LogP contribution is -2.54. The third-order valence-corrected chi connectivity index (χ3v) is 12.3.